The van der Waals surface area contributed by atoms with Crippen LogP contribution >= 0.6 is 0 Å². The lowest BCUT2D eigenvalue weighted by atomic mass is 9.55. The molecule has 2 atom stereocenters. The van der Waals surface area contributed by atoms with Crippen LogP contribution in [0, 0.1) is 10.8 Å². The SMILES string of the molecule is COC(=O)[C@]1(C)C[C@@]2(CCCCC2=O)CC(=O)/C1=C/O. The van der Waals surface area contributed by atoms with E-state index >= 15 is 0 Å². The molecule has 0 unspecified atom stereocenters. The summed E-state index contributed by atoms with van der Waals surface area (Å²) in [6.07, 6.45) is 3.83. The summed E-state index contributed by atoms with van der Waals surface area (Å²) in [6, 6.07) is 0. The summed E-state index contributed by atoms with van der Waals surface area (Å²) in [7, 11) is 1.25. The average molecular weight is 280 g/mol. The molecule has 5 nitrogen and oxygen atoms in total. The number of ether oxygens (including phenoxy) is 1. The zero-order valence-corrected chi connectivity index (χ0v) is 11.9. The molecule has 2 fully saturated rings. The summed E-state index contributed by atoms with van der Waals surface area (Å²) < 4.78 is 4.79. The third-order valence-electron chi connectivity index (χ3n) is 4.75. The molecule has 1 N–H and O–H groups in total. The minimum atomic E-state index is -1.24. The van der Waals surface area contributed by atoms with Gasteiger partial charge in [0.1, 0.15) is 5.78 Å². The van der Waals surface area contributed by atoms with Crippen LogP contribution in [0.25, 0.3) is 0 Å². The van der Waals surface area contributed by atoms with Crippen molar-refractivity contribution in [3.63, 3.8) is 0 Å². The second kappa shape index (κ2) is 5.04. The van der Waals surface area contributed by atoms with Gasteiger partial charge >= 0.3 is 5.97 Å². The number of hydrogen-bond acceptors (Lipinski definition) is 5. The van der Waals surface area contributed by atoms with Crippen LogP contribution in [-0.4, -0.2) is 29.8 Å². The molecular formula is C15H20O5. The van der Waals surface area contributed by atoms with Crippen molar-refractivity contribution in [2.75, 3.05) is 7.11 Å². The number of rotatable bonds is 1. The van der Waals surface area contributed by atoms with E-state index in [9.17, 15) is 19.5 Å². The Morgan fingerprint density at radius 3 is 2.60 bits per heavy atom. The van der Waals surface area contributed by atoms with E-state index in [0.717, 1.165) is 12.8 Å². The molecule has 0 aliphatic heterocycles. The summed E-state index contributed by atoms with van der Waals surface area (Å²) in [5.41, 5.74) is -1.95. The fraction of sp³-hybridized carbons (Fsp3) is 0.667. The van der Waals surface area contributed by atoms with Crippen molar-refractivity contribution in [1.29, 1.82) is 0 Å². The van der Waals surface area contributed by atoms with Gasteiger partial charge in [-0.3, -0.25) is 14.4 Å². The van der Waals surface area contributed by atoms with E-state index in [2.05, 4.69) is 0 Å². The van der Waals surface area contributed by atoms with Gasteiger partial charge in [0.15, 0.2) is 5.78 Å². The summed E-state index contributed by atoms with van der Waals surface area (Å²) in [5.74, 6) is -0.852. The van der Waals surface area contributed by atoms with Crippen LogP contribution < -0.4 is 0 Å². The number of hydrogen-bond donors (Lipinski definition) is 1. The highest BCUT2D eigenvalue weighted by Gasteiger charge is 2.56. The number of aliphatic hydroxyl groups is 1. The number of ketones is 2. The predicted molar refractivity (Wildman–Crippen MR) is 71.0 cm³/mol. The first-order chi connectivity index (χ1) is 9.39. The van der Waals surface area contributed by atoms with Gasteiger partial charge in [0, 0.05) is 23.8 Å². The Labute approximate surface area is 118 Å². The van der Waals surface area contributed by atoms with Gasteiger partial charge in [-0.25, -0.2) is 0 Å². The van der Waals surface area contributed by atoms with Crippen LogP contribution in [0.5, 0.6) is 0 Å². The second-order valence-corrected chi connectivity index (χ2v) is 6.05. The third-order valence-corrected chi connectivity index (χ3v) is 4.75. The molecule has 0 saturated heterocycles. The quantitative estimate of drug-likeness (QED) is 0.452. The highest BCUT2D eigenvalue weighted by atomic mass is 16.5. The third kappa shape index (κ3) is 2.05. The van der Waals surface area contributed by atoms with Crippen LogP contribution in [0.15, 0.2) is 11.8 Å². The van der Waals surface area contributed by atoms with Crippen LogP contribution in [-0.2, 0) is 19.1 Å². The minimum Gasteiger partial charge on any atom is -0.515 e. The standard InChI is InChI=1S/C15H20O5/c1-14(13(19)20-2)9-15(6-4-3-5-12(15)18)7-11(17)10(14)8-16/h8,16H,3-7,9H2,1-2H3/b10-8-/t14-,15-/m1/s1. The number of esters is 1. The molecule has 2 aliphatic carbocycles. The number of carbonyl (C=O) groups excluding carboxylic acids is 3. The van der Waals surface area contributed by atoms with E-state index in [4.69, 9.17) is 4.74 Å². The molecule has 0 amide bonds. The van der Waals surface area contributed by atoms with Gasteiger partial charge in [-0.05, 0) is 26.2 Å². The van der Waals surface area contributed by atoms with Gasteiger partial charge in [0.2, 0.25) is 0 Å². The highest BCUT2D eigenvalue weighted by molar-refractivity contribution is 6.07. The summed E-state index contributed by atoms with van der Waals surface area (Å²) >= 11 is 0. The van der Waals surface area contributed by atoms with Gasteiger partial charge in [-0.15, -0.1) is 0 Å². The van der Waals surface area contributed by atoms with Crippen molar-refractivity contribution in [2.24, 2.45) is 10.8 Å². The molecule has 110 valence electrons. The van der Waals surface area contributed by atoms with Gasteiger partial charge < -0.3 is 9.84 Å². The van der Waals surface area contributed by atoms with Crippen molar-refractivity contribution in [3.8, 4) is 0 Å². The molecule has 2 aliphatic rings. The topological polar surface area (TPSA) is 80.7 Å². The van der Waals surface area contributed by atoms with Crippen molar-refractivity contribution in [1.82, 2.24) is 0 Å². The minimum absolute atomic E-state index is 0.0494. The lowest BCUT2D eigenvalue weighted by Gasteiger charge is -2.45. The lowest BCUT2D eigenvalue weighted by molar-refractivity contribution is -0.157. The van der Waals surface area contributed by atoms with Crippen molar-refractivity contribution < 1.29 is 24.2 Å². The second-order valence-electron chi connectivity index (χ2n) is 6.05. The fourth-order valence-electron chi connectivity index (χ4n) is 3.69. The van der Waals surface area contributed by atoms with Crippen molar-refractivity contribution in [3.05, 3.63) is 11.8 Å². The molecule has 2 rings (SSSR count). The van der Waals surface area contributed by atoms with Crippen LogP contribution in [0.4, 0.5) is 0 Å². The zero-order valence-electron chi connectivity index (χ0n) is 11.9. The number of aliphatic hydroxyl groups excluding tert-OH is 1. The first kappa shape index (κ1) is 14.8. The summed E-state index contributed by atoms with van der Waals surface area (Å²) in [4.78, 5) is 36.7. The van der Waals surface area contributed by atoms with Gasteiger partial charge in [-0.2, -0.15) is 0 Å². The largest absolute Gasteiger partial charge is 0.515 e. The molecule has 0 bridgehead atoms. The number of carbonyl (C=O) groups is 3. The van der Waals surface area contributed by atoms with Gasteiger partial charge in [0.05, 0.1) is 18.8 Å². The molecule has 20 heavy (non-hydrogen) atoms. The molecule has 0 aromatic heterocycles. The molecule has 0 heterocycles. The van der Waals surface area contributed by atoms with E-state index in [1.54, 1.807) is 6.92 Å². The van der Waals surface area contributed by atoms with E-state index < -0.39 is 16.8 Å². The summed E-state index contributed by atoms with van der Waals surface area (Å²) in [5, 5.41) is 9.32. The fourth-order valence-corrected chi connectivity index (χ4v) is 3.69. The maximum atomic E-state index is 12.3. The van der Waals surface area contributed by atoms with Crippen LogP contribution in [0.3, 0.4) is 0 Å². The normalized spacial score (nSPS) is 36.4. The van der Waals surface area contributed by atoms with Crippen LogP contribution in [0.1, 0.15) is 45.4 Å². The molecule has 5 heteroatoms. The van der Waals surface area contributed by atoms with E-state index in [1.165, 1.54) is 7.11 Å². The summed E-state index contributed by atoms with van der Waals surface area (Å²) in [6.45, 7) is 1.57. The van der Waals surface area contributed by atoms with Gasteiger partial charge in [0.25, 0.3) is 0 Å². The zero-order chi connectivity index (χ0) is 15.0. The van der Waals surface area contributed by atoms with Gasteiger partial charge in [-0.1, -0.05) is 6.42 Å². The van der Waals surface area contributed by atoms with E-state index in [-0.39, 0.29) is 30.0 Å². The number of Topliss-reactive ketones (excluding diaryl/α,β-unsaturated/α-hetero) is 2. The van der Waals surface area contributed by atoms with E-state index in [0.29, 0.717) is 19.1 Å². The monoisotopic (exact) mass is 280 g/mol. The Balaban J connectivity index is 2.46. The average Bonchev–Trinajstić information content (AvgIpc) is 2.41. The lowest BCUT2D eigenvalue weighted by Crippen LogP contribution is -2.50. The molecule has 0 aromatic carbocycles. The molecule has 2 saturated carbocycles. The Morgan fingerprint density at radius 2 is 2.05 bits per heavy atom. The predicted octanol–water partition coefficient (Wildman–Crippen LogP) is 2.10. The van der Waals surface area contributed by atoms with Crippen LogP contribution in [0.2, 0.25) is 0 Å². The Bertz CT molecular complexity index is 492. The van der Waals surface area contributed by atoms with Crippen molar-refractivity contribution >= 4 is 17.5 Å². The first-order valence-electron chi connectivity index (χ1n) is 6.89. The molecule has 0 aromatic rings. The Hall–Kier alpha value is -1.65. The Kier molecular flexibility index (Phi) is 3.71. The molecule has 1 spiro atoms. The first-order valence-corrected chi connectivity index (χ1v) is 6.89. The number of methoxy groups -OCH3 is 1. The maximum absolute atomic E-state index is 12.3. The van der Waals surface area contributed by atoms with Crippen molar-refractivity contribution in [2.45, 2.75) is 45.4 Å². The highest BCUT2D eigenvalue weighted by Crippen LogP contribution is 2.53. The molecule has 0 radical (unpaired) electrons. The van der Waals surface area contributed by atoms with E-state index in [1.807, 2.05) is 0 Å². The smallest absolute Gasteiger partial charge is 0.316 e. The maximum Gasteiger partial charge on any atom is 0.316 e. The molecular weight excluding hydrogens is 260 g/mol. The Morgan fingerprint density at radius 1 is 1.35 bits per heavy atom.